The number of carbonyl (C=O) groups is 1. The van der Waals surface area contributed by atoms with E-state index in [2.05, 4.69) is 19.9 Å². The number of ether oxygens (including phenoxy) is 1. The highest BCUT2D eigenvalue weighted by Crippen LogP contribution is 2.50. The van der Waals surface area contributed by atoms with Crippen LogP contribution < -0.4 is 4.74 Å². The van der Waals surface area contributed by atoms with Gasteiger partial charge in [-0.1, -0.05) is 12.1 Å². The van der Waals surface area contributed by atoms with Gasteiger partial charge in [-0.05, 0) is 30.3 Å². The van der Waals surface area contributed by atoms with Gasteiger partial charge < -0.3 is 25.2 Å². The monoisotopic (exact) mass is 468 g/mol. The lowest BCUT2D eigenvalue weighted by molar-refractivity contribution is -0.0106. The number of carboxylic acid groups (broad SMARTS) is 1. The lowest BCUT2D eigenvalue weighted by Crippen LogP contribution is -2.40. The Hall–Kier alpha value is -4.57. The number of hydrogen-bond acceptors (Lipinski definition) is 9. The molecule has 7 rings (SSSR count). The topological polar surface area (TPSA) is 159 Å². The van der Waals surface area contributed by atoms with Crippen molar-refractivity contribution < 1.29 is 30.0 Å². The van der Waals surface area contributed by atoms with E-state index < -0.39 is 18.2 Å². The van der Waals surface area contributed by atoms with Crippen LogP contribution in [0.2, 0.25) is 0 Å². The molecule has 2 aromatic heterocycles. The average molecular weight is 468 g/mol. The summed E-state index contributed by atoms with van der Waals surface area (Å²) in [5, 5.41) is 41.3. The van der Waals surface area contributed by atoms with Crippen molar-refractivity contribution in [3.63, 3.8) is 0 Å². The van der Waals surface area contributed by atoms with Crippen LogP contribution in [0.4, 0.5) is 0 Å². The molecule has 0 amide bonds. The Kier molecular flexibility index (Phi) is 3.82. The molecule has 0 spiro atoms. The Balaban J connectivity index is 1.46. The maximum atomic E-state index is 11.7. The normalized spacial score (nSPS) is 20.4. The Morgan fingerprint density at radius 1 is 0.857 bits per heavy atom. The van der Waals surface area contributed by atoms with Crippen molar-refractivity contribution in [2.24, 2.45) is 0 Å². The molecule has 3 aromatic carbocycles. The number of phenolic OH excluding ortho intramolecular Hbond substituents is 2. The number of fused-ring (bicyclic) bond motifs is 10. The number of benzene rings is 3. The maximum Gasteiger partial charge on any atom is 0.337 e. The van der Waals surface area contributed by atoms with Gasteiger partial charge in [0.05, 0.1) is 22.3 Å². The molecule has 10 nitrogen and oxygen atoms in total. The summed E-state index contributed by atoms with van der Waals surface area (Å²) < 4.78 is 6.28. The minimum absolute atomic E-state index is 0.0156. The highest BCUT2D eigenvalue weighted by atomic mass is 16.5. The van der Waals surface area contributed by atoms with E-state index >= 15 is 0 Å². The number of aliphatic hydroxyl groups excluding tert-OH is 1. The molecule has 0 saturated carbocycles. The van der Waals surface area contributed by atoms with Crippen LogP contribution in [0.15, 0.2) is 42.5 Å². The van der Waals surface area contributed by atoms with Gasteiger partial charge in [-0.15, -0.1) is 0 Å². The standard InChI is InChI=1S/C25H16N4O6/c30-15-3-1-2-12-18(15)28-20-14(26-12)8-11-9-4-6-13-19(23(9)35-24(20)22(11)32)29-21-16(31)7-5-10(25(33)34)17(21)27-13/h1-7,11,22,24,30-32H,8H2,(H,33,34)/t11-,22-,24-/m0/s1. The molecule has 35 heavy (non-hydrogen) atoms. The smallest absolute Gasteiger partial charge is 0.337 e. The second kappa shape index (κ2) is 6.73. The third-order valence-corrected chi connectivity index (χ3v) is 6.78. The second-order valence-electron chi connectivity index (χ2n) is 8.75. The van der Waals surface area contributed by atoms with E-state index in [0.717, 1.165) is 0 Å². The zero-order chi connectivity index (χ0) is 24.0. The van der Waals surface area contributed by atoms with Crippen molar-refractivity contribution in [2.45, 2.75) is 24.5 Å². The van der Waals surface area contributed by atoms with Crippen LogP contribution in [0.1, 0.15) is 39.3 Å². The van der Waals surface area contributed by atoms with Gasteiger partial charge in [-0.3, -0.25) is 0 Å². The summed E-state index contributed by atoms with van der Waals surface area (Å²) in [6.45, 7) is 0. The largest absolute Gasteiger partial charge is 0.506 e. The van der Waals surface area contributed by atoms with E-state index in [-0.39, 0.29) is 34.0 Å². The van der Waals surface area contributed by atoms with Crippen molar-refractivity contribution in [3.05, 3.63) is 65.0 Å². The molecule has 0 radical (unpaired) electrons. The van der Waals surface area contributed by atoms with Gasteiger partial charge in [0, 0.05) is 17.9 Å². The Morgan fingerprint density at radius 3 is 2.49 bits per heavy atom. The number of phenols is 2. The zero-order valence-corrected chi connectivity index (χ0v) is 17.9. The van der Waals surface area contributed by atoms with E-state index in [0.29, 0.717) is 51.2 Å². The Labute approximate surface area is 196 Å². The van der Waals surface area contributed by atoms with Crippen LogP contribution in [0.5, 0.6) is 17.2 Å². The minimum atomic E-state index is -1.18. The third-order valence-electron chi connectivity index (χ3n) is 6.78. The van der Waals surface area contributed by atoms with Crippen molar-refractivity contribution in [3.8, 4) is 17.2 Å². The average Bonchev–Trinajstić information content (AvgIpc) is 2.83. The first-order valence-electron chi connectivity index (χ1n) is 10.9. The third kappa shape index (κ3) is 2.65. The fraction of sp³-hybridized carbons (Fsp3) is 0.160. The van der Waals surface area contributed by atoms with Gasteiger partial charge in [0.15, 0.2) is 11.9 Å². The molecular formula is C25H16N4O6. The van der Waals surface area contributed by atoms with Crippen LogP contribution in [-0.2, 0) is 6.42 Å². The van der Waals surface area contributed by atoms with Gasteiger partial charge in [0.1, 0.15) is 45.4 Å². The SMILES string of the molecule is O=C(O)c1ccc(O)c2nc3c4c(ccc3nc12)[C@@H]1Cc2nc3cccc(O)c3nc2[C@H](O4)[C@H]1O. The molecule has 0 saturated heterocycles. The van der Waals surface area contributed by atoms with Crippen LogP contribution in [0, 0.1) is 0 Å². The number of aromatic hydroxyl groups is 2. The fourth-order valence-electron chi connectivity index (χ4n) is 5.13. The molecule has 5 aromatic rings. The van der Waals surface area contributed by atoms with E-state index in [9.17, 15) is 25.2 Å². The number of hydrogen-bond donors (Lipinski definition) is 4. The molecule has 2 bridgehead atoms. The van der Waals surface area contributed by atoms with Crippen LogP contribution in [-0.4, -0.2) is 52.4 Å². The minimum Gasteiger partial charge on any atom is -0.506 e. The molecule has 1 aliphatic heterocycles. The molecule has 172 valence electrons. The lowest BCUT2D eigenvalue weighted by atomic mass is 9.77. The van der Waals surface area contributed by atoms with E-state index in [1.165, 1.54) is 18.2 Å². The zero-order valence-electron chi connectivity index (χ0n) is 17.9. The van der Waals surface area contributed by atoms with Crippen LogP contribution in [0.3, 0.4) is 0 Å². The van der Waals surface area contributed by atoms with E-state index in [1.54, 1.807) is 24.3 Å². The quantitative estimate of drug-likeness (QED) is 0.269. The number of para-hydroxylation sites is 1. The van der Waals surface area contributed by atoms with E-state index in [4.69, 9.17) is 4.74 Å². The first kappa shape index (κ1) is 19.9. The number of aromatic nitrogens is 4. The van der Waals surface area contributed by atoms with Gasteiger partial charge in [-0.25, -0.2) is 24.7 Å². The molecule has 3 atom stereocenters. The molecular weight excluding hydrogens is 452 g/mol. The van der Waals surface area contributed by atoms with Gasteiger partial charge >= 0.3 is 5.97 Å². The Morgan fingerprint density at radius 2 is 1.66 bits per heavy atom. The number of carboxylic acids is 1. The predicted octanol–water partition coefficient (Wildman–Crippen LogP) is 2.97. The molecule has 3 heterocycles. The second-order valence-corrected chi connectivity index (χ2v) is 8.75. The summed E-state index contributed by atoms with van der Waals surface area (Å²) in [4.78, 5) is 30.0. The lowest BCUT2D eigenvalue weighted by Gasteiger charge is -2.40. The fourth-order valence-corrected chi connectivity index (χ4v) is 5.13. The van der Waals surface area contributed by atoms with Crippen molar-refractivity contribution in [1.29, 1.82) is 0 Å². The van der Waals surface area contributed by atoms with Gasteiger partial charge in [0.2, 0.25) is 0 Å². The predicted molar refractivity (Wildman–Crippen MR) is 123 cm³/mol. The summed E-state index contributed by atoms with van der Waals surface area (Å²) >= 11 is 0. The molecule has 0 unspecified atom stereocenters. The molecule has 0 fully saturated rings. The number of aliphatic hydroxyl groups is 1. The summed E-state index contributed by atoms with van der Waals surface area (Å²) in [6, 6.07) is 11.0. The molecule has 4 N–H and O–H groups in total. The van der Waals surface area contributed by atoms with Crippen molar-refractivity contribution >= 4 is 39.1 Å². The van der Waals surface area contributed by atoms with Crippen molar-refractivity contribution in [1.82, 2.24) is 19.9 Å². The molecule has 2 aliphatic rings. The van der Waals surface area contributed by atoms with Gasteiger partial charge in [-0.2, -0.15) is 0 Å². The Bertz CT molecular complexity index is 1750. The highest BCUT2D eigenvalue weighted by molar-refractivity contribution is 6.05. The first-order chi connectivity index (χ1) is 16.9. The molecule has 1 aliphatic carbocycles. The molecule has 10 heteroatoms. The summed E-state index contributed by atoms with van der Waals surface area (Å²) in [7, 11) is 0. The summed E-state index contributed by atoms with van der Waals surface area (Å²) in [5.74, 6) is -1.35. The van der Waals surface area contributed by atoms with Crippen LogP contribution in [0.25, 0.3) is 33.1 Å². The van der Waals surface area contributed by atoms with Crippen LogP contribution >= 0.6 is 0 Å². The van der Waals surface area contributed by atoms with Gasteiger partial charge in [0.25, 0.3) is 0 Å². The number of rotatable bonds is 1. The summed E-state index contributed by atoms with van der Waals surface area (Å²) in [5.41, 5.74) is 3.48. The number of aromatic carboxylic acids is 1. The number of nitrogens with zero attached hydrogens (tertiary/aromatic N) is 4. The van der Waals surface area contributed by atoms with E-state index in [1.807, 2.05) is 0 Å². The first-order valence-corrected chi connectivity index (χ1v) is 10.9. The maximum absolute atomic E-state index is 11.7. The van der Waals surface area contributed by atoms with Crippen molar-refractivity contribution in [2.75, 3.05) is 0 Å². The summed E-state index contributed by atoms with van der Waals surface area (Å²) in [6.07, 6.45) is -1.34. The highest BCUT2D eigenvalue weighted by Gasteiger charge is 2.45.